The smallest absolute Gasteiger partial charge is 0.241 e. The molecule has 0 aliphatic heterocycles. The number of rotatable bonds is 6. The fourth-order valence-electron chi connectivity index (χ4n) is 2.01. The Morgan fingerprint density at radius 3 is 2.45 bits per heavy atom. The summed E-state index contributed by atoms with van der Waals surface area (Å²) in [7, 11) is 5.37. The van der Waals surface area contributed by atoms with E-state index in [1.54, 1.807) is 19.0 Å². The number of nitrogens with one attached hydrogen (secondary N) is 1. The zero-order valence-corrected chi connectivity index (χ0v) is 13.3. The Labute approximate surface area is 121 Å². The Balaban J connectivity index is 3.18. The summed E-state index contributed by atoms with van der Waals surface area (Å²) in [5.41, 5.74) is 1.04. The van der Waals surface area contributed by atoms with Crippen molar-refractivity contribution < 1.29 is 4.79 Å². The highest BCUT2D eigenvalue weighted by Gasteiger charge is 2.20. The molecule has 20 heavy (non-hydrogen) atoms. The van der Waals surface area contributed by atoms with Crippen LogP contribution < -0.4 is 10.2 Å². The summed E-state index contributed by atoms with van der Waals surface area (Å²) in [6.45, 7) is 7.27. The molecular formula is C14H25N5O. The van der Waals surface area contributed by atoms with E-state index in [9.17, 15) is 4.79 Å². The number of nitrogens with zero attached hydrogens (tertiary/aromatic N) is 4. The van der Waals surface area contributed by atoms with Gasteiger partial charge in [-0.25, -0.2) is 9.97 Å². The summed E-state index contributed by atoms with van der Waals surface area (Å²) in [5, 5.41) is 3.10. The maximum absolute atomic E-state index is 11.9. The Bertz CT molecular complexity index is 459. The zero-order valence-electron chi connectivity index (χ0n) is 13.3. The number of aromatic nitrogens is 2. The van der Waals surface area contributed by atoms with Crippen LogP contribution in [0.15, 0.2) is 6.33 Å². The number of anilines is 2. The first kappa shape index (κ1) is 16.2. The van der Waals surface area contributed by atoms with E-state index in [1.807, 2.05) is 18.9 Å². The van der Waals surface area contributed by atoms with Gasteiger partial charge in [-0.3, -0.25) is 4.79 Å². The maximum atomic E-state index is 11.9. The average molecular weight is 279 g/mol. The fraction of sp³-hybridized carbons (Fsp3) is 0.643. The van der Waals surface area contributed by atoms with Crippen LogP contribution >= 0.6 is 0 Å². The highest BCUT2D eigenvalue weighted by Crippen LogP contribution is 2.30. The molecule has 0 spiro atoms. The Morgan fingerprint density at radius 2 is 2.00 bits per heavy atom. The van der Waals surface area contributed by atoms with E-state index in [-0.39, 0.29) is 11.8 Å². The van der Waals surface area contributed by atoms with Crippen molar-refractivity contribution in [2.75, 3.05) is 44.4 Å². The highest BCUT2D eigenvalue weighted by atomic mass is 16.2. The lowest BCUT2D eigenvalue weighted by Crippen LogP contribution is -2.37. The molecule has 0 atom stereocenters. The molecule has 0 aliphatic carbocycles. The SMILES string of the molecule is CCN(CC(=O)N(C)C)c1ncnc(NC)c1C(C)C. The minimum absolute atomic E-state index is 0.0613. The van der Waals surface area contributed by atoms with Crippen LogP contribution in [-0.2, 0) is 4.79 Å². The first-order valence-electron chi connectivity index (χ1n) is 6.90. The first-order valence-corrected chi connectivity index (χ1v) is 6.90. The predicted octanol–water partition coefficient (Wildman–Crippen LogP) is 1.56. The standard InChI is InChI=1S/C14H25N5O/c1-7-19(8-11(20)18(5)6)14-12(10(2)3)13(15-4)16-9-17-14/h9-10H,7-8H2,1-6H3,(H,15,16,17). The molecular weight excluding hydrogens is 254 g/mol. The molecule has 0 fully saturated rings. The molecule has 1 rings (SSSR count). The molecule has 0 saturated heterocycles. The molecule has 112 valence electrons. The van der Waals surface area contributed by atoms with Crippen molar-refractivity contribution in [2.24, 2.45) is 0 Å². The quantitative estimate of drug-likeness (QED) is 0.856. The predicted molar refractivity (Wildman–Crippen MR) is 82.2 cm³/mol. The molecule has 0 aromatic carbocycles. The van der Waals surface area contributed by atoms with Gasteiger partial charge in [-0.1, -0.05) is 13.8 Å². The molecule has 0 aliphatic rings. The van der Waals surface area contributed by atoms with E-state index in [0.717, 1.165) is 23.7 Å². The molecule has 1 N–H and O–H groups in total. The van der Waals surface area contributed by atoms with E-state index < -0.39 is 0 Å². The Hall–Kier alpha value is -1.85. The van der Waals surface area contributed by atoms with Crippen LogP contribution in [0.4, 0.5) is 11.6 Å². The van der Waals surface area contributed by atoms with Gasteiger partial charge in [-0.05, 0) is 12.8 Å². The lowest BCUT2D eigenvalue weighted by Gasteiger charge is -2.27. The molecule has 6 nitrogen and oxygen atoms in total. The Kier molecular flexibility index (Phi) is 5.73. The van der Waals surface area contributed by atoms with Gasteiger partial charge >= 0.3 is 0 Å². The van der Waals surface area contributed by atoms with Crippen molar-refractivity contribution in [3.8, 4) is 0 Å². The van der Waals surface area contributed by atoms with Crippen LogP contribution in [0.5, 0.6) is 0 Å². The second kappa shape index (κ2) is 7.07. The first-order chi connectivity index (χ1) is 9.42. The molecule has 1 aromatic rings. The third-order valence-corrected chi connectivity index (χ3v) is 3.18. The van der Waals surface area contributed by atoms with Gasteiger partial charge in [0.05, 0.1) is 6.54 Å². The largest absolute Gasteiger partial charge is 0.373 e. The Morgan fingerprint density at radius 1 is 1.35 bits per heavy atom. The minimum Gasteiger partial charge on any atom is -0.373 e. The number of amides is 1. The van der Waals surface area contributed by atoms with E-state index in [0.29, 0.717) is 6.54 Å². The number of likely N-dealkylation sites (N-methyl/N-ethyl adjacent to an activating group) is 2. The van der Waals surface area contributed by atoms with Gasteiger partial charge in [-0.15, -0.1) is 0 Å². The fourth-order valence-corrected chi connectivity index (χ4v) is 2.01. The topological polar surface area (TPSA) is 61.4 Å². The molecule has 1 heterocycles. The van der Waals surface area contributed by atoms with Crippen molar-refractivity contribution in [2.45, 2.75) is 26.7 Å². The van der Waals surface area contributed by atoms with Gasteiger partial charge in [-0.2, -0.15) is 0 Å². The van der Waals surface area contributed by atoms with Gasteiger partial charge in [0.1, 0.15) is 18.0 Å². The summed E-state index contributed by atoms with van der Waals surface area (Å²) in [4.78, 5) is 24.2. The van der Waals surface area contributed by atoms with Gasteiger partial charge < -0.3 is 15.1 Å². The molecule has 0 unspecified atom stereocenters. The van der Waals surface area contributed by atoms with Crippen LogP contribution in [0.1, 0.15) is 32.3 Å². The number of carbonyl (C=O) groups excluding carboxylic acids is 1. The van der Waals surface area contributed by atoms with Crippen LogP contribution in [-0.4, -0.2) is 55.0 Å². The van der Waals surface area contributed by atoms with Crippen molar-refractivity contribution in [1.82, 2.24) is 14.9 Å². The van der Waals surface area contributed by atoms with Gasteiger partial charge in [0.2, 0.25) is 5.91 Å². The summed E-state index contributed by atoms with van der Waals surface area (Å²) >= 11 is 0. The maximum Gasteiger partial charge on any atom is 0.241 e. The average Bonchev–Trinajstić information content (AvgIpc) is 2.43. The summed E-state index contributed by atoms with van der Waals surface area (Å²) in [5.74, 6) is 1.99. The monoisotopic (exact) mass is 279 g/mol. The zero-order chi connectivity index (χ0) is 15.3. The van der Waals surface area contributed by atoms with Crippen LogP contribution in [0.3, 0.4) is 0 Å². The summed E-state index contributed by atoms with van der Waals surface area (Å²) in [6.07, 6.45) is 1.54. The van der Waals surface area contributed by atoms with Gasteiger partial charge in [0.25, 0.3) is 0 Å². The van der Waals surface area contributed by atoms with Crippen molar-refractivity contribution in [3.63, 3.8) is 0 Å². The molecule has 1 amide bonds. The van der Waals surface area contributed by atoms with E-state index >= 15 is 0 Å². The number of carbonyl (C=O) groups is 1. The molecule has 0 saturated carbocycles. The van der Waals surface area contributed by atoms with Crippen LogP contribution in [0.25, 0.3) is 0 Å². The highest BCUT2D eigenvalue weighted by molar-refractivity contribution is 5.81. The summed E-state index contributed by atoms with van der Waals surface area (Å²) in [6, 6.07) is 0. The normalized spacial score (nSPS) is 10.6. The van der Waals surface area contributed by atoms with Crippen molar-refractivity contribution in [1.29, 1.82) is 0 Å². The van der Waals surface area contributed by atoms with E-state index in [2.05, 4.69) is 29.1 Å². The van der Waals surface area contributed by atoms with Crippen molar-refractivity contribution in [3.05, 3.63) is 11.9 Å². The number of hydrogen-bond donors (Lipinski definition) is 1. The lowest BCUT2D eigenvalue weighted by atomic mass is 10.0. The van der Waals surface area contributed by atoms with Crippen molar-refractivity contribution >= 4 is 17.5 Å². The minimum atomic E-state index is 0.0613. The van der Waals surface area contributed by atoms with Gasteiger partial charge in [0.15, 0.2) is 0 Å². The van der Waals surface area contributed by atoms with E-state index in [1.165, 1.54) is 6.33 Å². The third kappa shape index (κ3) is 3.59. The molecule has 0 bridgehead atoms. The van der Waals surface area contributed by atoms with Crippen LogP contribution in [0.2, 0.25) is 0 Å². The molecule has 6 heteroatoms. The molecule has 0 radical (unpaired) electrons. The second-order valence-corrected chi connectivity index (χ2v) is 5.17. The second-order valence-electron chi connectivity index (χ2n) is 5.17. The van der Waals surface area contributed by atoms with Gasteiger partial charge in [0, 0.05) is 33.3 Å². The number of hydrogen-bond acceptors (Lipinski definition) is 5. The molecule has 1 aromatic heterocycles. The van der Waals surface area contributed by atoms with E-state index in [4.69, 9.17) is 0 Å². The third-order valence-electron chi connectivity index (χ3n) is 3.18. The van der Waals surface area contributed by atoms with Crippen LogP contribution in [0, 0.1) is 0 Å². The lowest BCUT2D eigenvalue weighted by molar-refractivity contribution is -0.127. The summed E-state index contributed by atoms with van der Waals surface area (Å²) < 4.78 is 0.